The number of nitrogens with two attached hydrogens (primary N) is 1. The molecule has 0 aromatic heterocycles. The summed E-state index contributed by atoms with van der Waals surface area (Å²) in [5.74, 6) is 0.526. The molecule has 1 aromatic rings. The van der Waals surface area contributed by atoms with Crippen molar-refractivity contribution >= 4 is 0 Å². The Morgan fingerprint density at radius 3 is 2.33 bits per heavy atom. The monoisotopic (exact) mass is 259 g/mol. The quantitative estimate of drug-likeness (QED) is 0.853. The molecule has 3 nitrogen and oxygen atoms in total. The molecule has 0 aliphatic rings. The lowest BCUT2D eigenvalue weighted by Crippen LogP contribution is -2.06. The highest BCUT2D eigenvalue weighted by Gasteiger charge is 2.21. The normalized spacial score (nSPS) is 12.6. The highest BCUT2D eigenvalue weighted by atomic mass is 19.3. The van der Waals surface area contributed by atoms with Gasteiger partial charge in [0.25, 0.3) is 6.43 Å². The van der Waals surface area contributed by atoms with E-state index in [9.17, 15) is 8.78 Å². The minimum absolute atomic E-state index is 0.0937. The Balaban J connectivity index is 3.27. The number of methoxy groups -OCH3 is 2. The van der Waals surface area contributed by atoms with Crippen molar-refractivity contribution < 1.29 is 18.3 Å². The highest BCUT2D eigenvalue weighted by molar-refractivity contribution is 5.50. The second-order valence-electron chi connectivity index (χ2n) is 4.12. The summed E-state index contributed by atoms with van der Waals surface area (Å²) in [5.41, 5.74) is 6.13. The van der Waals surface area contributed by atoms with Gasteiger partial charge in [-0.1, -0.05) is 6.92 Å². The van der Waals surface area contributed by atoms with Crippen LogP contribution in [-0.2, 0) is 0 Å². The van der Waals surface area contributed by atoms with E-state index in [0.29, 0.717) is 12.3 Å². The summed E-state index contributed by atoms with van der Waals surface area (Å²) in [4.78, 5) is 0. The molecule has 2 N–H and O–H groups in total. The largest absolute Gasteiger partial charge is 0.493 e. The molecule has 0 bridgehead atoms. The first kappa shape index (κ1) is 14.7. The molecule has 0 radical (unpaired) electrons. The maximum Gasteiger partial charge on any atom is 0.267 e. The molecule has 1 unspecified atom stereocenters. The number of alkyl halides is 2. The summed E-state index contributed by atoms with van der Waals surface area (Å²) < 4.78 is 36.1. The first-order valence-electron chi connectivity index (χ1n) is 5.79. The standard InChI is InChI=1S/C13H19F2NO2/c1-8(4-5-16)9-6-10(13(14)15)12(18-3)11(7-9)17-2/h6-8,13H,4-5,16H2,1-3H3. The van der Waals surface area contributed by atoms with E-state index in [1.165, 1.54) is 20.3 Å². The number of rotatable bonds is 6. The van der Waals surface area contributed by atoms with Crippen LogP contribution in [0.5, 0.6) is 11.5 Å². The smallest absolute Gasteiger partial charge is 0.267 e. The molecule has 1 atom stereocenters. The van der Waals surface area contributed by atoms with E-state index in [-0.39, 0.29) is 17.2 Å². The van der Waals surface area contributed by atoms with Gasteiger partial charge in [-0.2, -0.15) is 0 Å². The van der Waals surface area contributed by atoms with Crippen molar-refractivity contribution in [1.29, 1.82) is 0 Å². The second-order valence-corrected chi connectivity index (χ2v) is 4.12. The van der Waals surface area contributed by atoms with Crippen LogP contribution in [0.1, 0.15) is 36.8 Å². The molecule has 1 rings (SSSR count). The van der Waals surface area contributed by atoms with Crippen LogP contribution < -0.4 is 15.2 Å². The molecule has 0 heterocycles. The lowest BCUT2D eigenvalue weighted by molar-refractivity contribution is 0.146. The number of hydrogen-bond donors (Lipinski definition) is 1. The molecule has 0 saturated carbocycles. The molecule has 1 aromatic carbocycles. The third kappa shape index (κ3) is 3.10. The zero-order valence-electron chi connectivity index (χ0n) is 10.9. The minimum atomic E-state index is -2.60. The van der Waals surface area contributed by atoms with Crippen molar-refractivity contribution in [2.24, 2.45) is 5.73 Å². The van der Waals surface area contributed by atoms with Crippen LogP contribution in [0, 0.1) is 0 Å². The van der Waals surface area contributed by atoms with Crippen LogP contribution in [0.3, 0.4) is 0 Å². The van der Waals surface area contributed by atoms with Gasteiger partial charge in [-0.15, -0.1) is 0 Å². The first-order chi connectivity index (χ1) is 8.54. The van der Waals surface area contributed by atoms with Gasteiger partial charge in [-0.05, 0) is 36.6 Å². The van der Waals surface area contributed by atoms with Gasteiger partial charge in [0.2, 0.25) is 0 Å². The van der Waals surface area contributed by atoms with E-state index in [0.717, 1.165) is 12.0 Å². The van der Waals surface area contributed by atoms with Gasteiger partial charge in [0.05, 0.1) is 19.8 Å². The van der Waals surface area contributed by atoms with Crippen molar-refractivity contribution in [3.63, 3.8) is 0 Å². The maximum absolute atomic E-state index is 13.0. The molecular weight excluding hydrogens is 240 g/mol. The van der Waals surface area contributed by atoms with Crippen LogP contribution in [0.15, 0.2) is 12.1 Å². The Morgan fingerprint density at radius 1 is 1.22 bits per heavy atom. The third-order valence-corrected chi connectivity index (χ3v) is 2.93. The van der Waals surface area contributed by atoms with E-state index in [4.69, 9.17) is 15.2 Å². The van der Waals surface area contributed by atoms with Crippen LogP contribution in [0.25, 0.3) is 0 Å². The summed E-state index contributed by atoms with van der Waals surface area (Å²) in [5, 5.41) is 0. The summed E-state index contributed by atoms with van der Waals surface area (Å²) in [6.07, 6.45) is -1.86. The lowest BCUT2D eigenvalue weighted by Gasteiger charge is -2.17. The van der Waals surface area contributed by atoms with Gasteiger partial charge in [0.1, 0.15) is 0 Å². The van der Waals surface area contributed by atoms with Gasteiger partial charge < -0.3 is 15.2 Å². The van der Waals surface area contributed by atoms with Gasteiger partial charge in [0.15, 0.2) is 11.5 Å². The van der Waals surface area contributed by atoms with Gasteiger partial charge in [-0.3, -0.25) is 0 Å². The van der Waals surface area contributed by atoms with Crippen LogP contribution in [0.4, 0.5) is 8.78 Å². The predicted octanol–water partition coefficient (Wildman–Crippen LogP) is 3.09. The molecule has 5 heteroatoms. The summed E-state index contributed by atoms with van der Waals surface area (Å²) in [6.45, 7) is 2.46. The summed E-state index contributed by atoms with van der Waals surface area (Å²) in [7, 11) is 2.79. The van der Waals surface area contributed by atoms with Gasteiger partial charge in [0, 0.05) is 0 Å². The van der Waals surface area contributed by atoms with Crippen LogP contribution in [0.2, 0.25) is 0 Å². The zero-order chi connectivity index (χ0) is 13.7. The van der Waals surface area contributed by atoms with Crippen molar-refractivity contribution in [3.8, 4) is 11.5 Å². The highest BCUT2D eigenvalue weighted by Crippen LogP contribution is 2.40. The van der Waals surface area contributed by atoms with Crippen molar-refractivity contribution in [3.05, 3.63) is 23.3 Å². The van der Waals surface area contributed by atoms with Crippen LogP contribution in [-0.4, -0.2) is 20.8 Å². The molecule has 0 aliphatic carbocycles. The fraction of sp³-hybridized carbons (Fsp3) is 0.538. The molecule has 0 saturated heterocycles. The van der Waals surface area contributed by atoms with Crippen molar-refractivity contribution in [1.82, 2.24) is 0 Å². The van der Waals surface area contributed by atoms with E-state index >= 15 is 0 Å². The molecule has 0 aliphatic heterocycles. The van der Waals surface area contributed by atoms with Crippen molar-refractivity contribution in [2.45, 2.75) is 25.7 Å². The molecular formula is C13H19F2NO2. The van der Waals surface area contributed by atoms with E-state index in [1.54, 1.807) is 6.07 Å². The Hall–Kier alpha value is -1.36. The number of ether oxygens (including phenoxy) is 2. The average molecular weight is 259 g/mol. The van der Waals surface area contributed by atoms with E-state index < -0.39 is 6.43 Å². The average Bonchev–Trinajstić information content (AvgIpc) is 2.37. The fourth-order valence-electron chi connectivity index (χ4n) is 1.88. The van der Waals surface area contributed by atoms with Crippen molar-refractivity contribution in [2.75, 3.05) is 20.8 Å². The zero-order valence-corrected chi connectivity index (χ0v) is 10.9. The predicted molar refractivity (Wildman–Crippen MR) is 66.6 cm³/mol. The number of hydrogen-bond acceptors (Lipinski definition) is 3. The SMILES string of the molecule is COc1cc(C(C)CCN)cc(C(F)F)c1OC. The molecule has 0 spiro atoms. The summed E-state index contributed by atoms with van der Waals surface area (Å²) in [6, 6.07) is 3.19. The minimum Gasteiger partial charge on any atom is -0.493 e. The van der Waals surface area contributed by atoms with E-state index in [1.807, 2.05) is 6.92 Å². The molecule has 102 valence electrons. The molecule has 0 amide bonds. The Morgan fingerprint density at radius 2 is 1.89 bits per heavy atom. The fourth-order valence-corrected chi connectivity index (χ4v) is 1.88. The Kier molecular flexibility index (Phi) is 5.34. The molecule has 0 fully saturated rings. The number of benzene rings is 1. The lowest BCUT2D eigenvalue weighted by atomic mass is 9.95. The second kappa shape index (κ2) is 6.54. The third-order valence-electron chi connectivity index (χ3n) is 2.93. The number of halogens is 2. The topological polar surface area (TPSA) is 44.5 Å². The Bertz CT molecular complexity index is 397. The van der Waals surface area contributed by atoms with Crippen LogP contribution >= 0.6 is 0 Å². The first-order valence-corrected chi connectivity index (χ1v) is 5.79. The summed E-state index contributed by atoms with van der Waals surface area (Å²) >= 11 is 0. The van der Waals surface area contributed by atoms with Gasteiger partial charge in [-0.25, -0.2) is 8.78 Å². The Labute approximate surface area is 106 Å². The maximum atomic E-state index is 13.0. The van der Waals surface area contributed by atoms with Gasteiger partial charge >= 0.3 is 0 Å². The van der Waals surface area contributed by atoms with E-state index in [2.05, 4.69) is 0 Å². The molecule has 18 heavy (non-hydrogen) atoms.